The summed E-state index contributed by atoms with van der Waals surface area (Å²) in [4.78, 5) is 12.9. The molecule has 6 nitrogen and oxygen atoms in total. The van der Waals surface area contributed by atoms with E-state index in [1.165, 1.54) is 88.8 Å². The van der Waals surface area contributed by atoms with Crippen molar-refractivity contribution in [2.24, 2.45) is 5.92 Å². The molecule has 1 aromatic rings. The molecule has 224 valence electrons. The average Bonchev–Trinajstić information content (AvgIpc) is 3.38. The topological polar surface area (TPSA) is 61.3 Å². The number of hydrogen-bond donors (Lipinski definition) is 0. The van der Waals surface area contributed by atoms with Crippen LogP contribution in [0.1, 0.15) is 143 Å². The van der Waals surface area contributed by atoms with Gasteiger partial charge < -0.3 is 9.47 Å². The van der Waals surface area contributed by atoms with Crippen LogP contribution in [0.3, 0.4) is 0 Å². The molecule has 0 spiro atoms. The summed E-state index contributed by atoms with van der Waals surface area (Å²) in [6, 6.07) is 0. The minimum atomic E-state index is -0.168. The lowest BCUT2D eigenvalue weighted by atomic mass is 10.0. The van der Waals surface area contributed by atoms with E-state index in [4.69, 9.17) is 9.47 Å². The second-order valence-corrected chi connectivity index (χ2v) is 12.6. The van der Waals surface area contributed by atoms with Crippen molar-refractivity contribution in [3.8, 4) is 5.88 Å². The van der Waals surface area contributed by atoms with Crippen molar-refractivity contribution in [1.82, 2.24) is 8.75 Å². The quantitative estimate of drug-likeness (QED) is 0.0799. The molecule has 0 aliphatic carbocycles. The van der Waals surface area contributed by atoms with Gasteiger partial charge in [0.25, 0.3) is 5.88 Å². The van der Waals surface area contributed by atoms with Crippen LogP contribution in [0.4, 0.5) is 0 Å². The number of esters is 1. The third-order valence-electron chi connectivity index (χ3n) is 7.98. The smallest absolute Gasteiger partial charge is 0.310 e. The molecule has 2 unspecified atom stereocenters. The fourth-order valence-electron chi connectivity index (χ4n) is 5.73. The largest absolute Gasteiger partial charge is 0.475 e. The second kappa shape index (κ2) is 19.6. The Hall–Kier alpha value is -1.47. The number of rotatable bonds is 22. The SMILES string of the molecule is CCCCCCCCCCCCCC(=O)OC(C(C)C)[N+]1(C)CCC=C(c2nsnc2OCCCCCC)C1. The monoisotopic (exact) mass is 564 g/mol. The van der Waals surface area contributed by atoms with Crippen molar-refractivity contribution in [1.29, 1.82) is 0 Å². The molecule has 0 bridgehead atoms. The molecule has 0 saturated heterocycles. The van der Waals surface area contributed by atoms with Crippen molar-refractivity contribution < 1.29 is 18.8 Å². The van der Waals surface area contributed by atoms with Gasteiger partial charge in [-0.2, -0.15) is 4.37 Å². The van der Waals surface area contributed by atoms with Gasteiger partial charge in [0.15, 0.2) is 0 Å². The molecule has 2 heterocycles. The molecule has 0 radical (unpaired) electrons. The zero-order valence-electron chi connectivity index (χ0n) is 25.8. The first-order chi connectivity index (χ1) is 18.9. The minimum absolute atomic E-state index is 0.0495. The molecule has 1 aliphatic heterocycles. The number of quaternary nitrogens is 1. The number of hydrogen-bond acceptors (Lipinski definition) is 6. The van der Waals surface area contributed by atoms with E-state index in [1.54, 1.807) is 0 Å². The van der Waals surface area contributed by atoms with Crippen LogP contribution >= 0.6 is 11.7 Å². The first-order valence-electron chi connectivity index (χ1n) is 16.1. The van der Waals surface area contributed by atoms with Crippen molar-refractivity contribution in [2.45, 2.75) is 143 Å². The lowest BCUT2D eigenvalue weighted by Gasteiger charge is -2.44. The Kier molecular flexibility index (Phi) is 16.9. The number of carbonyl (C=O) groups excluding carboxylic acids is 1. The molecule has 2 rings (SSSR count). The van der Waals surface area contributed by atoms with Gasteiger partial charge >= 0.3 is 5.97 Å². The molecule has 2 atom stereocenters. The number of nitrogens with zero attached hydrogens (tertiary/aromatic N) is 3. The van der Waals surface area contributed by atoms with Gasteiger partial charge in [0.1, 0.15) is 12.2 Å². The normalized spacial score (nSPS) is 18.3. The molecule has 7 heteroatoms. The summed E-state index contributed by atoms with van der Waals surface area (Å²) in [7, 11) is 2.22. The minimum Gasteiger partial charge on any atom is -0.475 e. The molecular weight excluding hydrogens is 506 g/mol. The third-order valence-corrected chi connectivity index (χ3v) is 8.49. The van der Waals surface area contributed by atoms with E-state index in [0.717, 1.165) is 50.0 Å². The zero-order valence-corrected chi connectivity index (χ0v) is 26.7. The van der Waals surface area contributed by atoms with Gasteiger partial charge in [0.05, 0.1) is 31.9 Å². The summed E-state index contributed by atoms with van der Waals surface area (Å²) in [6.07, 6.45) is 22.3. The van der Waals surface area contributed by atoms with Crippen LogP contribution in [0, 0.1) is 5.92 Å². The van der Waals surface area contributed by atoms with E-state index >= 15 is 0 Å². The predicted octanol–water partition coefficient (Wildman–Crippen LogP) is 8.96. The predicted molar refractivity (Wildman–Crippen MR) is 164 cm³/mol. The van der Waals surface area contributed by atoms with Crippen LogP contribution in [0.15, 0.2) is 6.08 Å². The van der Waals surface area contributed by atoms with Crippen LogP contribution in [0.2, 0.25) is 0 Å². The van der Waals surface area contributed by atoms with Gasteiger partial charge in [-0.25, -0.2) is 0 Å². The molecule has 0 amide bonds. The van der Waals surface area contributed by atoms with Crippen LogP contribution in [0.5, 0.6) is 5.88 Å². The van der Waals surface area contributed by atoms with Crippen LogP contribution in [-0.2, 0) is 9.53 Å². The van der Waals surface area contributed by atoms with Gasteiger partial charge in [-0.1, -0.05) is 117 Å². The fraction of sp³-hybridized carbons (Fsp3) is 0.844. The van der Waals surface area contributed by atoms with Gasteiger partial charge in [0, 0.05) is 24.3 Å². The maximum Gasteiger partial charge on any atom is 0.310 e. The van der Waals surface area contributed by atoms with Crippen LogP contribution < -0.4 is 4.74 Å². The number of ether oxygens (including phenoxy) is 2. The van der Waals surface area contributed by atoms with Crippen molar-refractivity contribution >= 4 is 23.3 Å². The molecule has 1 aromatic heterocycles. The standard InChI is InChI=1S/C32H58N3O3S/c1-6-8-10-12-13-14-15-16-17-18-19-23-29(36)38-32(27(3)4)35(5)24-21-22-28(26-35)30-31(34-39-33-30)37-25-20-11-9-7-2/h22,27,32H,6-21,23-26H2,1-5H3/q+1. The zero-order chi connectivity index (χ0) is 28.3. The molecule has 0 fully saturated rings. The van der Waals surface area contributed by atoms with Gasteiger partial charge in [-0.05, 0) is 12.8 Å². The Bertz CT molecular complexity index is 825. The summed E-state index contributed by atoms with van der Waals surface area (Å²) in [5.41, 5.74) is 2.03. The van der Waals surface area contributed by atoms with Gasteiger partial charge in [-0.15, -0.1) is 4.37 Å². The van der Waals surface area contributed by atoms with Crippen molar-refractivity contribution in [3.63, 3.8) is 0 Å². The number of likely N-dealkylation sites (N-methyl/N-ethyl adjacent to an activating group) is 1. The van der Waals surface area contributed by atoms with Gasteiger partial charge in [0.2, 0.25) is 6.23 Å². The molecule has 0 aromatic carbocycles. The molecule has 0 saturated carbocycles. The van der Waals surface area contributed by atoms with E-state index < -0.39 is 0 Å². The van der Waals surface area contributed by atoms with E-state index in [0.29, 0.717) is 23.4 Å². The highest BCUT2D eigenvalue weighted by Gasteiger charge is 2.41. The molecule has 1 aliphatic rings. The Morgan fingerprint density at radius 1 is 0.897 bits per heavy atom. The maximum absolute atomic E-state index is 12.9. The summed E-state index contributed by atoms with van der Waals surface area (Å²) >= 11 is 1.22. The summed E-state index contributed by atoms with van der Waals surface area (Å²) in [6.45, 7) is 11.2. The van der Waals surface area contributed by atoms with E-state index in [9.17, 15) is 4.79 Å². The second-order valence-electron chi connectivity index (χ2n) is 12.1. The summed E-state index contributed by atoms with van der Waals surface area (Å²) < 4.78 is 21.9. The maximum atomic E-state index is 12.9. The Morgan fingerprint density at radius 2 is 1.49 bits per heavy atom. The first-order valence-corrected chi connectivity index (χ1v) is 16.8. The molecular formula is C32H58N3O3S+. The number of unbranched alkanes of at least 4 members (excludes halogenated alkanes) is 13. The fourth-order valence-corrected chi connectivity index (χ4v) is 6.27. The van der Waals surface area contributed by atoms with Crippen molar-refractivity contribution in [2.75, 3.05) is 26.7 Å². The van der Waals surface area contributed by atoms with E-state index in [2.05, 4.69) is 49.6 Å². The molecule has 39 heavy (non-hydrogen) atoms. The lowest BCUT2D eigenvalue weighted by molar-refractivity contribution is -0.950. The number of aromatic nitrogens is 2. The number of carbonyl (C=O) groups is 1. The highest BCUT2D eigenvalue weighted by molar-refractivity contribution is 6.99. The Morgan fingerprint density at radius 3 is 2.10 bits per heavy atom. The Balaban J connectivity index is 1.78. The van der Waals surface area contributed by atoms with E-state index in [-0.39, 0.29) is 18.1 Å². The summed E-state index contributed by atoms with van der Waals surface area (Å²) in [5, 5.41) is 0. The third kappa shape index (κ3) is 12.7. The average molecular weight is 565 g/mol. The Labute approximate surface area is 243 Å². The van der Waals surface area contributed by atoms with Crippen LogP contribution in [0.25, 0.3) is 5.57 Å². The lowest BCUT2D eigenvalue weighted by Crippen LogP contribution is -2.58. The first kappa shape index (κ1) is 33.7. The molecule has 0 N–H and O–H groups in total. The highest BCUT2D eigenvalue weighted by Crippen LogP contribution is 2.33. The van der Waals surface area contributed by atoms with Crippen LogP contribution in [-0.4, -0.2) is 52.2 Å². The van der Waals surface area contributed by atoms with Crippen molar-refractivity contribution in [3.05, 3.63) is 11.8 Å². The summed E-state index contributed by atoms with van der Waals surface area (Å²) in [5.74, 6) is 0.843. The van der Waals surface area contributed by atoms with E-state index in [1.807, 2.05) is 0 Å². The highest BCUT2D eigenvalue weighted by atomic mass is 32.1. The van der Waals surface area contributed by atoms with Gasteiger partial charge in [-0.3, -0.25) is 9.28 Å².